The molecule has 1 fully saturated rings. The summed E-state index contributed by atoms with van der Waals surface area (Å²) in [7, 11) is 0.579. The third-order valence-electron chi connectivity index (χ3n) is 4.13. The van der Waals surface area contributed by atoms with Gasteiger partial charge in [-0.1, -0.05) is 40.0 Å². The van der Waals surface area contributed by atoms with Crippen LogP contribution in [0, 0.1) is 0 Å². The Labute approximate surface area is 105 Å². The topological polar surface area (TPSA) is 0 Å². The second-order valence-corrected chi connectivity index (χ2v) is 12.2. The van der Waals surface area contributed by atoms with Crippen molar-refractivity contribution in [3.8, 4) is 0 Å². The van der Waals surface area contributed by atoms with Crippen LogP contribution in [0.1, 0.15) is 52.9 Å². The lowest BCUT2D eigenvalue weighted by atomic mass is 10.0. The fraction of sp³-hybridized carbons (Fsp3) is 1.00. The molecule has 0 spiro atoms. The van der Waals surface area contributed by atoms with Gasteiger partial charge in [0.25, 0.3) is 0 Å². The summed E-state index contributed by atoms with van der Waals surface area (Å²) in [6.07, 6.45) is 10.7. The summed E-state index contributed by atoms with van der Waals surface area (Å²) in [5, 5.41) is 0.568. The van der Waals surface area contributed by atoms with E-state index in [0.29, 0.717) is 13.1 Å². The van der Waals surface area contributed by atoms with Crippen molar-refractivity contribution in [2.24, 2.45) is 0 Å². The third-order valence-corrected chi connectivity index (χ3v) is 10.4. The predicted octanol–water partition coefficient (Wildman–Crippen LogP) is 5.34. The summed E-state index contributed by atoms with van der Waals surface area (Å²) in [6, 6.07) is 0. The maximum Gasteiger partial charge on any atom is -0.0182 e. The average molecular weight is 260 g/mol. The van der Waals surface area contributed by atoms with Crippen LogP contribution in [0.25, 0.3) is 0 Å². The highest BCUT2D eigenvalue weighted by Crippen LogP contribution is 2.51. The molecule has 1 saturated carbocycles. The minimum atomic E-state index is 0.241. The van der Waals surface area contributed by atoms with Crippen LogP contribution in [-0.4, -0.2) is 36.5 Å². The van der Waals surface area contributed by atoms with Crippen LogP contribution < -0.4 is 0 Å². The first-order chi connectivity index (χ1) is 7.41. The van der Waals surface area contributed by atoms with Crippen LogP contribution in [0.2, 0.25) is 0 Å². The van der Waals surface area contributed by atoms with Crippen LogP contribution in [0.15, 0.2) is 0 Å². The average Bonchev–Trinajstić information content (AvgIpc) is 2.25. The van der Waals surface area contributed by atoms with Crippen LogP contribution in [0.4, 0.5) is 0 Å². The van der Waals surface area contributed by atoms with Crippen LogP contribution in [0.5, 0.6) is 0 Å². The summed E-state index contributed by atoms with van der Waals surface area (Å²) < 4.78 is 0. The Morgan fingerprint density at radius 2 is 1.50 bits per heavy atom. The quantitative estimate of drug-likeness (QED) is 0.598. The lowest BCUT2D eigenvalue weighted by molar-refractivity contribution is 0.511. The van der Waals surface area contributed by atoms with Crippen LogP contribution >= 0.6 is 15.8 Å². The van der Waals surface area contributed by atoms with E-state index in [1.165, 1.54) is 25.4 Å². The fourth-order valence-corrected chi connectivity index (χ4v) is 7.09. The normalized spacial score (nSPS) is 23.1. The molecule has 0 saturated heterocycles. The summed E-state index contributed by atoms with van der Waals surface area (Å²) in [6.45, 7) is 12.3. The summed E-state index contributed by atoms with van der Waals surface area (Å²) in [5.41, 5.74) is 1.12. The minimum Gasteiger partial charge on any atom is -0.106 e. The molecular formula is C14H30P2. The Balaban J connectivity index is 2.26. The molecule has 0 radical (unpaired) electrons. The van der Waals surface area contributed by atoms with Gasteiger partial charge < -0.3 is 0 Å². The molecule has 96 valence electrons. The van der Waals surface area contributed by atoms with Gasteiger partial charge in [0.1, 0.15) is 0 Å². The molecule has 0 nitrogen and oxygen atoms in total. The summed E-state index contributed by atoms with van der Waals surface area (Å²) in [5.74, 6) is 0. The molecule has 0 aromatic carbocycles. The zero-order valence-corrected chi connectivity index (χ0v) is 13.7. The molecule has 0 amide bonds. The molecule has 0 aliphatic heterocycles. The van der Waals surface area contributed by atoms with Gasteiger partial charge in [0.2, 0.25) is 0 Å². The van der Waals surface area contributed by atoms with Gasteiger partial charge in [-0.3, -0.25) is 0 Å². The maximum atomic E-state index is 2.57. The van der Waals surface area contributed by atoms with Crippen molar-refractivity contribution < 1.29 is 0 Å². The second-order valence-electron chi connectivity index (χ2n) is 6.36. The molecule has 0 bridgehead atoms. The Kier molecular flexibility index (Phi) is 6.25. The fourth-order valence-electron chi connectivity index (χ4n) is 2.35. The zero-order chi connectivity index (χ0) is 12.2. The molecule has 1 aliphatic carbocycles. The smallest absolute Gasteiger partial charge is 0.0182 e. The number of hydrogen-bond acceptors (Lipinski definition) is 0. The third kappa shape index (κ3) is 5.01. The highest BCUT2D eigenvalue weighted by atomic mass is 31.1. The molecule has 0 N–H and O–H groups in total. The van der Waals surface area contributed by atoms with Crippen LogP contribution in [0.3, 0.4) is 0 Å². The standard InChI is InChI=1S/C14H30P2/c1-14(2,3)16(5)12-11-15(4)13-9-7-6-8-10-13/h13H,6-12H2,1-5H3/t15-,16-/m0/s1. The van der Waals surface area contributed by atoms with Gasteiger partial charge in [0.15, 0.2) is 0 Å². The molecule has 1 aliphatic rings. The van der Waals surface area contributed by atoms with E-state index < -0.39 is 0 Å². The Morgan fingerprint density at radius 3 is 2.00 bits per heavy atom. The molecule has 2 heteroatoms. The van der Waals surface area contributed by atoms with Gasteiger partial charge in [-0.25, -0.2) is 0 Å². The van der Waals surface area contributed by atoms with Crippen molar-refractivity contribution in [3.05, 3.63) is 0 Å². The highest BCUT2D eigenvalue weighted by molar-refractivity contribution is 7.62. The lowest BCUT2D eigenvalue weighted by Gasteiger charge is -2.32. The molecule has 2 atom stereocenters. The van der Waals surface area contributed by atoms with E-state index in [-0.39, 0.29) is 7.92 Å². The van der Waals surface area contributed by atoms with E-state index in [1.807, 2.05) is 0 Å². The highest BCUT2D eigenvalue weighted by Gasteiger charge is 2.23. The lowest BCUT2D eigenvalue weighted by Crippen LogP contribution is -2.16. The zero-order valence-electron chi connectivity index (χ0n) is 11.9. The SMILES string of the molecule is C[P@@](CC[P@](C)C(C)(C)C)C1CCCCC1. The molecular weight excluding hydrogens is 230 g/mol. The molecule has 0 aromatic heterocycles. The maximum absolute atomic E-state index is 2.57. The van der Waals surface area contributed by atoms with E-state index in [2.05, 4.69) is 34.1 Å². The number of hydrogen-bond donors (Lipinski definition) is 0. The van der Waals surface area contributed by atoms with Crippen molar-refractivity contribution in [1.29, 1.82) is 0 Å². The molecule has 16 heavy (non-hydrogen) atoms. The van der Waals surface area contributed by atoms with Crippen molar-refractivity contribution >= 4 is 15.8 Å². The molecule has 0 aromatic rings. The van der Waals surface area contributed by atoms with Crippen molar-refractivity contribution in [1.82, 2.24) is 0 Å². The van der Waals surface area contributed by atoms with E-state index in [0.717, 1.165) is 5.66 Å². The van der Waals surface area contributed by atoms with E-state index in [1.54, 1.807) is 19.0 Å². The van der Waals surface area contributed by atoms with Crippen molar-refractivity contribution in [2.75, 3.05) is 25.7 Å². The first kappa shape index (κ1) is 14.9. The monoisotopic (exact) mass is 260 g/mol. The summed E-state index contributed by atoms with van der Waals surface area (Å²) in [4.78, 5) is 0. The number of rotatable bonds is 4. The van der Waals surface area contributed by atoms with E-state index in [9.17, 15) is 0 Å². The van der Waals surface area contributed by atoms with Gasteiger partial charge in [-0.2, -0.15) is 0 Å². The first-order valence-corrected chi connectivity index (χ1v) is 10.8. The van der Waals surface area contributed by atoms with Gasteiger partial charge in [-0.15, -0.1) is 15.8 Å². The predicted molar refractivity (Wildman–Crippen MR) is 82.0 cm³/mol. The van der Waals surface area contributed by atoms with E-state index in [4.69, 9.17) is 0 Å². The Morgan fingerprint density at radius 1 is 0.938 bits per heavy atom. The van der Waals surface area contributed by atoms with Gasteiger partial charge in [0, 0.05) is 0 Å². The first-order valence-electron chi connectivity index (χ1n) is 6.83. The molecule has 0 unspecified atom stereocenters. The van der Waals surface area contributed by atoms with E-state index >= 15 is 0 Å². The second kappa shape index (κ2) is 6.70. The van der Waals surface area contributed by atoms with Gasteiger partial charge >= 0.3 is 0 Å². The van der Waals surface area contributed by atoms with Gasteiger partial charge in [0.05, 0.1) is 0 Å². The van der Waals surface area contributed by atoms with Gasteiger partial charge in [-0.05, 0) is 49.3 Å². The molecule has 1 rings (SSSR count). The van der Waals surface area contributed by atoms with Crippen molar-refractivity contribution in [2.45, 2.75) is 63.7 Å². The van der Waals surface area contributed by atoms with Crippen molar-refractivity contribution in [3.63, 3.8) is 0 Å². The van der Waals surface area contributed by atoms with Crippen LogP contribution in [-0.2, 0) is 0 Å². The summed E-state index contributed by atoms with van der Waals surface area (Å²) >= 11 is 0. The minimum absolute atomic E-state index is 0.241. The Bertz CT molecular complexity index is 189. The molecule has 0 heterocycles. The largest absolute Gasteiger partial charge is 0.106 e. The Hall–Kier alpha value is 0.860.